The molecule has 2 rings (SSSR count). The van der Waals surface area contributed by atoms with Gasteiger partial charge in [-0.05, 0) is 51.1 Å². The molecule has 0 saturated carbocycles. The van der Waals surface area contributed by atoms with Gasteiger partial charge in [-0.1, -0.05) is 12.1 Å². The number of amides is 2. The van der Waals surface area contributed by atoms with Gasteiger partial charge in [-0.25, -0.2) is 0 Å². The zero-order valence-electron chi connectivity index (χ0n) is 17.7. The van der Waals surface area contributed by atoms with Crippen LogP contribution in [0.15, 0.2) is 36.4 Å². The van der Waals surface area contributed by atoms with Crippen LogP contribution in [-0.4, -0.2) is 48.4 Å². The van der Waals surface area contributed by atoms with Crippen molar-refractivity contribution in [3.05, 3.63) is 57.6 Å². The number of likely N-dealkylation sites (N-methyl/N-ethyl adjacent to an activating group) is 1. The van der Waals surface area contributed by atoms with Crippen molar-refractivity contribution < 1.29 is 19.2 Å². The highest BCUT2D eigenvalue weighted by atomic mass is 16.6. The summed E-state index contributed by atoms with van der Waals surface area (Å²) in [5.74, 6) is -0.369. The van der Waals surface area contributed by atoms with Crippen LogP contribution < -0.4 is 15.4 Å². The van der Waals surface area contributed by atoms with Gasteiger partial charge in [0.05, 0.1) is 30.3 Å². The smallest absolute Gasteiger partial charge is 0.271 e. The number of ether oxygens (including phenoxy) is 1. The van der Waals surface area contributed by atoms with Crippen LogP contribution in [0.4, 0.5) is 17.1 Å². The van der Waals surface area contributed by atoms with Crippen molar-refractivity contribution >= 4 is 28.9 Å². The number of rotatable bonds is 8. The second kappa shape index (κ2) is 9.84. The van der Waals surface area contributed by atoms with E-state index in [0.717, 1.165) is 16.8 Å². The molecule has 1 atom stereocenters. The maximum Gasteiger partial charge on any atom is 0.271 e. The van der Waals surface area contributed by atoms with E-state index in [9.17, 15) is 19.7 Å². The maximum absolute atomic E-state index is 12.6. The first-order chi connectivity index (χ1) is 14.1. The minimum atomic E-state index is -0.668. The van der Waals surface area contributed by atoms with Crippen LogP contribution in [0.5, 0.6) is 5.75 Å². The number of hydrogen-bond acceptors (Lipinski definition) is 6. The number of nitrogens with zero attached hydrogens (tertiary/aromatic N) is 2. The molecule has 0 aliphatic rings. The zero-order valence-corrected chi connectivity index (χ0v) is 17.7. The Labute approximate surface area is 175 Å². The van der Waals surface area contributed by atoms with E-state index in [1.54, 1.807) is 18.9 Å². The Morgan fingerprint density at radius 3 is 2.50 bits per heavy atom. The summed E-state index contributed by atoms with van der Waals surface area (Å²) in [5.41, 5.74) is 2.81. The summed E-state index contributed by atoms with van der Waals surface area (Å²) in [7, 11) is 3.06. The molecule has 0 heterocycles. The van der Waals surface area contributed by atoms with Gasteiger partial charge in [0.1, 0.15) is 5.75 Å². The van der Waals surface area contributed by atoms with E-state index in [4.69, 9.17) is 4.74 Å². The standard InChI is InChI=1S/C21H26N4O5/c1-13-7-6-8-17(14(13)2)22-20(26)12-24(4)15(3)21(27)23-18-11-16(25(28)29)9-10-19(18)30-5/h6-11,15H,12H2,1-5H3,(H,22,26)(H,23,27)/t15-/m1/s1. The van der Waals surface area contributed by atoms with Crippen molar-refractivity contribution in [3.63, 3.8) is 0 Å². The summed E-state index contributed by atoms with van der Waals surface area (Å²) in [5, 5.41) is 16.5. The van der Waals surface area contributed by atoms with Crippen molar-refractivity contribution in [1.29, 1.82) is 0 Å². The van der Waals surface area contributed by atoms with Crippen molar-refractivity contribution in [2.45, 2.75) is 26.8 Å². The molecule has 0 aliphatic heterocycles. The molecule has 0 spiro atoms. The Kier molecular flexibility index (Phi) is 7.48. The summed E-state index contributed by atoms with van der Waals surface area (Å²) in [6.45, 7) is 5.53. The summed E-state index contributed by atoms with van der Waals surface area (Å²) in [6, 6.07) is 8.93. The molecule has 0 fully saturated rings. The van der Waals surface area contributed by atoms with E-state index in [0.29, 0.717) is 5.75 Å². The quantitative estimate of drug-likeness (QED) is 0.507. The monoisotopic (exact) mass is 414 g/mol. The van der Waals surface area contributed by atoms with Gasteiger partial charge in [-0.15, -0.1) is 0 Å². The molecule has 2 N–H and O–H groups in total. The lowest BCUT2D eigenvalue weighted by molar-refractivity contribution is -0.384. The largest absolute Gasteiger partial charge is 0.495 e. The van der Waals surface area contributed by atoms with Crippen LogP contribution in [0, 0.1) is 24.0 Å². The van der Waals surface area contributed by atoms with Gasteiger partial charge in [-0.3, -0.25) is 24.6 Å². The zero-order chi connectivity index (χ0) is 22.4. The molecule has 0 unspecified atom stereocenters. The average molecular weight is 414 g/mol. The highest BCUT2D eigenvalue weighted by molar-refractivity contribution is 5.97. The molecule has 160 valence electrons. The van der Waals surface area contributed by atoms with Crippen LogP contribution in [-0.2, 0) is 9.59 Å². The Morgan fingerprint density at radius 1 is 1.17 bits per heavy atom. The van der Waals surface area contributed by atoms with Gasteiger partial charge in [0, 0.05) is 17.8 Å². The van der Waals surface area contributed by atoms with Gasteiger partial charge >= 0.3 is 0 Å². The molecule has 0 saturated heterocycles. The lowest BCUT2D eigenvalue weighted by atomic mass is 10.1. The summed E-state index contributed by atoms with van der Waals surface area (Å²) < 4.78 is 5.16. The fourth-order valence-electron chi connectivity index (χ4n) is 2.78. The van der Waals surface area contributed by atoms with Crippen molar-refractivity contribution in [1.82, 2.24) is 4.90 Å². The topological polar surface area (TPSA) is 114 Å². The molecule has 2 aromatic rings. The third kappa shape index (κ3) is 5.54. The predicted octanol–water partition coefficient (Wildman–Crippen LogP) is 3.12. The third-order valence-corrected chi connectivity index (χ3v) is 4.96. The fourth-order valence-corrected chi connectivity index (χ4v) is 2.78. The van der Waals surface area contributed by atoms with E-state index in [1.165, 1.54) is 25.3 Å². The first-order valence-corrected chi connectivity index (χ1v) is 9.33. The van der Waals surface area contributed by atoms with Crippen molar-refractivity contribution in [2.75, 3.05) is 31.3 Å². The lowest BCUT2D eigenvalue weighted by Gasteiger charge is -2.24. The number of carbonyl (C=O) groups is 2. The number of anilines is 2. The summed E-state index contributed by atoms with van der Waals surface area (Å²) in [4.78, 5) is 37.1. The molecule has 2 amide bonds. The van der Waals surface area contributed by atoms with Gasteiger partial charge < -0.3 is 15.4 Å². The minimum Gasteiger partial charge on any atom is -0.495 e. The number of benzene rings is 2. The van der Waals surface area contributed by atoms with Crippen LogP contribution in [0.3, 0.4) is 0 Å². The lowest BCUT2D eigenvalue weighted by Crippen LogP contribution is -2.43. The second-order valence-electron chi connectivity index (χ2n) is 7.02. The number of hydrogen-bond donors (Lipinski definition) is 2. The number of nitrogens with one attached hydrogen (secondary N) is 2. The van der Waals surface area contributed by atoms with E-state index in [-0.39, 0.29) is 23.8 Å². The SMILES string of the molecule is COc1ccc([N+](=O)[O-])cc1NC(=O)[C@@H](C)N(C)CC(=O)Nc1cccc(C)c1C. The summed E-state index contributed by atoms with van der Waals surface area (Å²) in [6.07, 6.45) is 0. The molecule has 2 aromatic carbocycles. The summed E-state index contributed by atoms with van der Waals surface area (Å²) >= 11 is 0. The molecule has 30 heavy (non-hydrogen) atoms. The Bertz CT molecular complexity index is 960. The van der Waals surface area contributed by atoms with Crippen molar-refractivity contribution in [3.8, 4) is 5.75 Å². The number of aryl methyl sites for hydroxylation is 1. The minimum absolute atomic E-state index is 0.00591. The second-order valence-corrected chi connectivity index (χ2v) is 7.02. The van der Waals surface area contributed by atoms with Crippen LogP contribution in [0.1, 0.15) is 18.1 Å². The molecule has 0 bridgehead atoms. The van der Waals surface area contributed by atoms with Gasteiger partial charge in [-0.2, -0.15) is 0 Å². The van der Waals surface area contributed by atoms with Gasteiger partial charge in [0.15, 0.2) is 0 Å². The number of nitro groups is 1. The van der Waals surface area contributed by atoms with Crippen LogP contribution >= 0.6 is 0 Å². The van der Waals surface area contributed by atoms with Gasteiger partial charge in [0.2, 0.25) is 11.8 Å². The maximum atomic E-state index is 12.6. The van der Waals surface area contributed by atoms with E-state index in [1.807, 2.05) is 32.0 Å². The molecule has 9 nitrogen and oxygen atoms in total. The number of non-ortho nitro benzene ring substituents is 1. The third-order valence-electron chi connectivity index (χ3n) is 4.96. The van der Waals surface area contributed by atoms with E-state index >= 15 is 0 Å². The molecule has 0 aromatic heterocycles. The number of carbonyl (C=O) groups excluding carboxylic acids is 2. The fraction of sp³-hybridized carbons (Fsp3) is 0.333. The predicted molar refractivity (Wildman–Crippen MR) is 115 cm³/mol. The first-order valence-electron chi connectivity index (χ1n) is 9.33. The number of nitro benzene ring substituents is 1. The molecule has 0 radical (unpaired) electrons. The Morgan fingerprint density at radius 2 is 1.87 bits per heavy atom. The molecular weight excluding hydrogens is 388 g/mol. The highest BCUT2D eigenvalue weighted by Gasteiger charge is 2.22. The van der Waals surface area contributed by atoms with Crippen LogP contribution in [0.25, 0.3) is 0 Å². The molecule has 9 heteroatoms. The average Bonchev–Trinajstić information content (AvgIpc) is 2.70. The normalized spacial score (nSPS) is 11.7. The number of methoxy groups -OCH3 is 1. The Balaban J connectivity index is 2.03. The van der Waals surface area contributed by atoms with Crippen molar-refractivity contribution in [2.24, 2.45) is 0 Å². The van der Waals surface area contributed by atoms with E-state index in [2.05, 4.69) is 10.6 Å². The van der Waals surface area contributed by atoms with E-state index < -0.39 is 16.9 Å². The molecule has 0 aliphatic carbocycles. The molecular formula is C21H26N4O5. The first kappa shape index (κ1) is 22.8. The Hall–Kier alpha value is -3.46. The van der Waals surface area contributed by atoms with Crippen LogP contribution in [0.2, 0.25) is 0 Å². The van der Waals surface area contributed by atoms with Gasteiger partial charge in [0.25, 0.3) is 5.69 Å². The highest BCUT2D eigenvalue weighted by Crippen LogP contribution is 2.29.